The summed E-state index contributed by atoms with van der Waals surface area (Å²) >= 11 is 12.5. The molecule has 2 aliphatic heterocycles. The van der Waals surface area contributed by atoms with Crippen LogP contribution in [-0.4, -0.2) is 40.1 Å². The summed E-state index contributed by atoms with van der Waals surface area (Å²) < 4.78 is 12.7. The average molecular weight is 409 g/mol. The number of nitrogens with one attached hydrogen (secondary N) is 1. The highest BCUT2D eigenvalue weighted by Gasteiger charge is 2.36. The standard InChI is InChI=1S/C18H18Cl2N4O3/c1-10-15(17(25)27-8-12-3-2-6-26-12)16(24-18(23-10)21-9-22-24)13-5-4-11(19)7-14(13)20/h4-5,7,9,12,16H,2-3,6,8H2,1H3,(H,21,22,23)/t12-,16-/m1/s1. The second-order valence-corrected chi connectivity index (χ2v) is 7.34. The van der Waals surface area contributed by atoms with Crippen molar-refractivity contribution in [2.24, 2.45) is 0 Å². The summed E-state index contributed by atoms with van der Waals surface area (Å²) in [4.78, 5) is 17.2. The van der Waals surface area contributed by atoms with Gasteiger partial charge in [0.1, 0.15) is 19.0 Å². The molecular weight excluding hydrogens is 391 g/mol. The maximum atomic E-state index is 13.0. The minimum absolute atomic E-state index is 0.0501. The number of ether oxygens (including phenoxy) is 2. The number of rotatable bonds is 4. The van der Waals surface area contributed by atoms with Gasteiger partial charge in [-0.2, -0.15) is 10.1 Å². The molecule has 2 atom stereocenters. The zero-order valence-electron chi connectivity index (χ0n) is 14.6. The minimum Gasteiger partial charge on any atom is -0.459 e. The molecule has 3 heterocycles. The fraction of sp³-hybridized carbons (Fsp3) is 0.389. The van der Waals surface area contributed by atoms with E-state index in [0.717, 1.165) is 12.8 Å². The highest BCUT2D eigenvalue weighted by Crippen LogP contribution is 2.39. The molecule has 0 unspecified atom stereocenters. The van der Waals surface area contributed by atoms with Gasteiger partial charge in [-0.15, -0.1) is 0 Å². The lowest BCUT2D eigenvalue weighted by Gasteiger charge is -2.29. The van der Waals surface area contributed by atoms with Gasteiger partial charge in [-0.25, -0.2) is 9.48 Å². The summed E-state index contributed by atoms with van der Waals surface area (Å²) in [6.07, 6.45) is 3.25. The maximum Gasteiger partial charge on any atom is 0.338 e. The molecule has 7 nitrogen and oxygen atoms in total. The van der Waals surface area contributed by atoms with E-state index < -0.39 is 12.0 Å². The molecule has 142 valence electrons. The minimum atomic E-state index is -0.564. The monoisotopic (exact) mass is 408 g/mol. The molecule has 0 radical (unpaired) electrons. The van der Waals surface area contributed by atoms with Crippen molar-refractivity contribution < 1.29 is 14.3 Å². The van der Waals surface area contributed by atoms with Crippen LogP contribution in [0.5, 0.6) is 0 Å². The maximum absolute atomic E-state index is 13.0. The molecule has 2 aromatic rings. The van der Waals surface area contributed by atoms with E-state index in [2.05, 4.69) is 15.4 Å². The number of carbonyl (C=O) groups excluding carboxylic acids is 1. The van der Waals surface area contributed by atoms with Gasteiger partial charge in [-0.3, -0.25) is 0 Å². The number of benzene rings is 1. The van der Waals surface area contributed by atoms with Gasteiger partial charge in [-0.1, -0.05) is 29.3 Å². The lowest BCUT2D eigenvalue weighted by atomic mass is 9.95. The van der Waals surface area contributed by atoms with Gasteiger partial charge >= 0.3 is 5.97 Å². The van der Waals surface area contributed by atoms with E-state index in [1.807, 2.05) is 0 Å². The van der Waals surface area contributed by atoms with E-state index in [0.29, 0.717) is 39.4 Å². The first kappa shape index (κ1) is 18.3. The number of hydrogen-bond acceptors (Lipinski definition) is 6. The Balaban J connectivity index is 1.69. The molecule has 1 saturated heterocycles. The van der Waals surface area contributed by atoms with Crippen molar-refractivity contribution in [2.75, 3.05) is 18.5 Å². The number of nitrogens with zero attached hydrogens (tertiary/aromatic N) is 3. The Morgan fingerprint density at radius 3 is 3.04 bits per heavy atom. The Morgan fingerprint density at radius 1 is 1.44 bits per heavy atom. The molecule has 9 heteroatoms. The van der Waals surface area contributed by atoms with Crippen LogP contribution in [0.25, 0.3) is 0 Å². The third-order valence-corrected chi connectivity index (χ3v) is 5.26. The molecule has 0 spiro atoms. The van der Waals surface area contributed by atoms with Crippen molar-refractivity contribution in [3.63, 3.8) is 0 Å². The SMILES string of the molecule is CC1=C(C(=O)OC[C@H]2CCCO2)[C@@H](c2ccc(Cl)cc2Cl)n2ncnc2N1. The van der Waals surface area contributed by atoms with Crippen molar-refractivity contribution >= 4 is 35.1 Å². The van der Waals surface area contributed by atoms with E-state index >= 15 is 0 Å². The van der Waals surface area contributed by atoms with Crippen LogP contribution in [-0.2, 0) is 14.3 Å². The summed E-state index contributed by atoms with van der Waals surface area (Å²) in [5.41, 5.74) is 1.76. The van der Waals surface area contributed by atoms with Gasteiger partial charge in [0.15, 0.2) is 0 Å². The summed E-state index contributed by atoms with van der Waals surface area (Å²) in [7, 11) is 0. The van der Waals surface area contributed by atoms with Gasteiger partial charge < -0.3 is 14.8 Å². The summed E-state index contributed by atoms with van der Waals surface area (Å²) in [6.45, 7) is 2.73. The van der Waals surface area contributed by atoms with Crippen LogP contribution in [0.1, 0.15) is 31.4 Å². The Kier molecular flexibility index (Phi) is 5.08. The highest BCUT2D eigenvalue weighted by molar-refractivity contribution is 6.35. The van der Waals surface area contributed by atoms with Crippen molar-refractivity contribution in [1.29, 1.82) is 0 Å². The lowest BCUT2D eigenvalue weighted by molar-refractivity contribution is -0.142. The van der Waals surface area contributed by atoms with E-state index in [1.165, 1.54) is 6.33 Å². The Labute approximate surface area is 166 Å². The van der Waals surface area contributed by atoms with Crippen LogP contribution in [0.15, 0.2) is 35.8 Å². The van der Waals surface area contributed by atoms with E-state index in [1.54, 1.807) is 29.8 Å². The number of allylic oxidation sites excluding steroid dienone is 1. The van der Waals surface area contributed by atoms with Crippen molar-refractivity contribution in [3.8, 4) is 0 Å². The zero-order valence-corrected chi connectivity index (χ0v) is 16.1. The van der Waals surface area contributed by atoms with Crippen LogP contribution in [0.2, 0.25) is 10.0 Å². The van der Waals surface area contributed by atoms with Crippen LogP contribution in [0.3, 0.4) is 0 Å². The van der Waals surface area contributed by atoms with Crippen LogP contribution < -0.4 is 5.32 Å². The smallest absolute Gasteiger partial charge is 0.338 e. The molecule has 0 bridgehead atoms. The molecule has 2 aliphatic rings. The quantitative estimate of drug-likeness (QED) is 0.778. The molecule has 1 aromatic heterocycles. The molecule has 4 rings (SSSR count). The third-order valence-electron chi connectivity index (χ3n) is 4.70. The normalized spacial score (nSPS) is 21.7. The number of carbonyl (C=O) groups is 1. The summed E-state index contributed by atoms with van der Waals surface area (Å²) in [6, 6.07) is 4.59. The van der Waals surface area contributed by atoms with Crippen molar-refractivity contribution in [2.45, 2.75) is 31.9 Å². The second-order valence-electron chi connectivity index (χ2n) is 6.49. The summed E-state index contributed by atoms with van der Waals surface area (Å²) in [5, 5.41) is 8.32. The Bertz CT molecular complexity index is 906. The second kappa shape index (κ2) is 7.50. The van der Waals surface area contributed by atoms with Gasteiger partial charge in [0.25, 0.3) is 0 Å². The van der Waals surface area contributed by atoms with Gasteiger partial charge in [0, 0.05) is 27.9 Å². The van der Waals surface area contributed by atoms with Crippen molar-refractivity contribution in [3.05, 3.63) is 51.4 Å². The molecule has 1 aromatic carbocycles. The van der Waals surface area contributed by atoms with Crippen LogP contribution in [0, 0.1) is 0 Å². The molecule has 1 fully saturated rings. The van der Waals surface area contributed by atoms with E-state index in [-0.39, 0.29) is 12.7 Å². The fourth-order valence-electron chi connectivity index (χ4n) is 3.39. The molecule has 27 heavy (non-hydrogen) atoms. The fourth-order valence-corrected chi connectivity index (χ4v) is 3.90. The van der Waals surface area contributed by atoms with Gasteiger partial charge in [0.2, 0.25) is 5.95 Å². The molecule has 0 amide bonds. The van der Waals surface area contributed by atoms with Gasteiger partial charge in [0.05, 0.1) is 11.7 Å². The average Bonchev–Trinajstić information content (AvgIpc) is 3.30. The number of aromatic nitrogens is 3. The molecule has 0 saturated carbocycles. The number of anilines is 1. The van der Waals surface area contributed by atoms with Crippen LogP contribution in [0.4, 0.5) is 5.95 Å². The Hall–Kier alpha value is -2.09. The van der Waals surface area contributed by atoms with E-state index in [9.17, 15) is 4.79 Å². The first-order chi connectivity index (χ1) is 13.0. The predicted octanol–water partition coefficient (Wildman–Crippen LogP) is 3.60. The topological polar surface area (TPSA) is 78.3 Å². The predicted molar refractivity (Wildman–Crippen MR) is 101 cm³/mol. The lowest BCUT2D eigenvalue weighted by Crippen LogP contribution is -2.31. The number of halogens is 2. The third kappa shape index (κ3) is 3.54. The molecular formula is C18H18Cl2N4O3. The van der Waals surface area contributed by atoms with E-state index in [4.69, 9.17) is 32.7 Å². The van der Waals surface area contributed by atoms with Crippen LogP contribution >= 0.6 is 23.2 Å². The zero-order chi connectivity index (χ0) is 19.0. The first-order valence-corrected chi connectivity index (χ1v) is 9.41. The number of hydrogen-bond donors (Lipinski definition) is 1. The van der Waals surface area contributed by atoms with Gasteiger partial charge in [-0.05, 0) is 31.9 Å². The molecule has 1 N–H and O–H groups in total. The number of esters is 1. The highest BCUT2D eigenvalue weighted by atomic mass is 35.5. The summed E-state index contributed by atoms with van der Waals surface area (Å²) in [5.74, 6) is 0.0897. The largest absolute Gasteiger partial charge is 0.459 e. The number of fused-ring (bicyclic) bond motifs is 1. The first-order valence-electron chi connectivity index (χ1n) is 8.65. The van der Waals surface area contributed by atoms with Crippen molar-refractivity contribution in [1.82, 2.24) is 14.8 Å². The molecule has 0 aliphatic carbocycles. The Morgan fingerprint density at radius 2 is 2.30 bits per heavy atom.